The molecule has 0 spiro atoms. The van der Waals surface area contributed by atoms with E-state index in [4.69, 9.17) is 5.73 Å². The van der Waals surface area contributed by atoms with Crippen molar-refractivity contribution in [2.24, 2.45) is 11.7 Å². The average Bonchev–Trinajstić information content (AvgIpc) is 3.01. The number of hydrogen-bond acceptors (Lipinski definition) is 2. The predicted molar refractivity (Wildman–Crippen MR) is 194 cm³/mol. The fourth-order valence-electron chi connectivity index (χ4n) is 6.20. The second-order valence-electron chi connectivity index (χ2n) is 13.7. The van der Waals surface area contributed by atoms with Crippen LogP contribution in [0.2, 0.25) is 0 Å². The molecule has 0 heterocycles. The van der Waals surface area contributed by atoms with E-state index in [0.29, 0.717) is 19.4 Å². The third-order valence-electron chi connectivity index (χ3n) is 9.29. The highest BCUT2D eigenvalue weighted by atomic mass is 16.2. The number of carbonyl (C=O) groups excluding carboxylic acids is 2. The third kappa shape index (κ3) is 33.6. The minimum absolute atomic E-state index is 0.107. The molecule has 0 saturated heterocycles. The highest BCUT2D eigenvalue weighted by molar-refractivity contribution is 5.77. The Labute approximate surface area is 275 Å². The van der Waals surface area contributed by atoms with Crippen molar-refractivity contribution in [3.63, 3.8) is 0 Å². The van der Waals surface area contributed by atoms with Gasteiger partial charge in [0.25, 0.3) is 0 Å². The first-order valence-corrected chi connectivity index (χ1v) is 19.8. The van der Waals surface area contributed by atoms with Crippen molar-refractivity contribution >= 4 is 11.8 Å². The molecule has 0 saturated carbocycles. The van der Waals surface area contributed by atoms with Crippen LogP contribution in [0.15, 0.2) is 12.2 Å². The highest BCUT2D eigenvalue weighted by Gasteiger charge is 2.15. The molecule has 44 heavy (non-hydrogen) atoms. The molecule has 0 aromatic heterocycles. The molecular weight excluding hydrogens is 540 g/mol. The van der Waals surface area contributed by atoms with Crippen molar-refractivity contribution in [2.75, 3.05) is 6.54 Å². The second kappa shape index (κ2) is 36.2. The largest absolute Gasteiger partial charge is 0.369 e. The number of amides is 2. The Hall–Kier alpha value is -1.32. The molecule has 1 unspecified atom stereocenters. The number of hydrogen-bond donors (Lipinski definition) is 2. The molecule has 0 aliphatic heterocycles. The van der Waals surface area contributed by atoms with Crippen LogP contribution in [0.1, 0.15) is 219 Å². The highest BCUT2D eigenvalue weighted by Crippen LogP contribution is 2.17. The Bertz CT molecular complexity index is 633. The van der Waals surface area contributed by atoms with Crippen LogP contribution in [0.4, 0.5) is 0 Å². The van der Waals surface area contributed by atoms with Crippen LogP contribution in [0, 0.1) is 5.92 Å². The summed E-state index contributed by atoms with van der Waals surface area (Å²) in [5.74, 6) is -0.192. The molecule has 0 aromatic rings. The van der Waals surface area contributed by atoms with E-state index in [1.165, 1.54) is 167 Å². The van der Waals surface area contributed by atoms with E-state index in [-0.39, 0.29) is 17.7 Å². The lowest BCUT2D eigenvalue weighted by atomic mass is 9.96. The number of carbonyl (C=O) groups is 2. The van der Waals surface area contributed by atoms with E-state index in [0.717, 1.165) is 25.7 Å². The van der Waals surface area contributed by atoms with Crippen LogP contribution in [0.25, 0.3) is 0 Å². The Morgan fingerprint density at radius 1 is 0.500 bits per heavy atom. The van der Waals surface area contributed by atoms with Crippen molar-refractivity contribution < 1.29 is 9.59 Å². The van der Waals surface area contributed by atoms with Crippen LogP contribution in [0.3, 0.4) is 0 Å². The van der Waals surface area contributed by atoms with Gasteiger partial charge in [0.05, 0.1) is 0 Å². The molecule has 4 heteroatoms. The molecular formula is C40H78N2O2. The quantitative estimate of drug-likeness (QED) is 0.0541. The predicted octanol–water partition coefficient (Wildman–Crippen LogP) is 12.3. The summed E-state index contributed by atoms with van der Waals surface area (Å²) in [6.07, 6.45) is 45.0. The van der Waals surface area contributed by atoms with Gasteiger partial charge in [0.1, 0.15) is 0 Å². The van der Waals surface area contributed by atoms with Gasteiger partial charge >= 0.3 is 0 Å². The average molecular weight is 619 g/mol. The van der Waals surface area contributed by atoms with E-state index in [1.54, 1.807) is 0 Å². The van der Waals surface area contributed by atoms with Gasteiger partial charge in [0, 0.05) is 18.9 Å². The van der Waals surface area contributed by atoms with Gasteiger partial charge in [-0.2, -0.15) is 0 Å². The monoisotopic (exact) mass is 619 g/mol. The second-order valence-corrected chi connectivity index (χ2v) is 13.7. The van der Waals surface area contributed by atoms with Crippen LogP contribution >= 0.6 is 0 Å². The molecule has 0 aromatic carbocycles. The maximum atomic E-state index is 12.2. The molecule has 0 fully saturated rings. The smallest absolute Gasteiger partial charge is 0.220 e. The van der Waals surface area contributed by atoms with Crippen molar-refractivity contribution in [3.8, 4) is 0 Å². The fourth-order valence-corrected chi connectivity index (χ4v) is 6.20. The van der Waals surface area contributed by atoms with Crippen molar-refractivity contribution in [2.45, 2.75) is 219 Å². The van der Waals surface area contributed by atoms with Crippen molar-refractivity contribution in [3.05, 3.63) is 12.2 Å². The summed E-state index contributed by atoms with van der Waals surface area (Å²) in [7, 11) is 0. The van der Waals surface area contributed by atoms with E-state index in [2.05, 4.69) is 31.3 Å². The summed E-state index contributed by atoms with van der Waals surface area (Å²) in [5.41, 5.74) is 5.65. The number of primary amides is 1. The first-order valence-electron chi connectivity index (χ1n) is 19.8. The van der Waals surface area contributed by atoms with Gasteiger partial charge in [0.2, 0.25) is 11.8 Å². The van der Waals surface area contributed by atoms with Crippen LogP contribution in [-0.2, 0) is 9.59 Å². The SMILES string of the molecule is CCCCCCCC/C=C\CCCCCCCCCCCC(=O)NCCC(CCCCCCCCCCCCCC)C(N)=O. The van der Waals surface area contributed by atoms with Gasteiger partial charge in [-0.1, -0.05) is 180 Å². The number of unbranched alkanes of at least 4 members (excludes halogenated alkanes) is 26. The zero-order valence-corrected chi connectivity index (χ0v) is 30.0. The Morgan fingerprint density at radius 2 is 0.864 bits per heavy atom. The van der Waals surface area contributed by atoms with Crippen LogP contribution in [0.5, 0.6) is 0 Å². The molecule has 4 nitrogen and oxygen atoms in total. The molecule has 3 N–H and O–H groups in total. The van der Waals surface area contributed by atoms with Crippen molar-refractivity contribution in [1.29, 1.82) is 0 Å². The molecule has 0 bridgehead atoms. The lowest BCUT2D eigenvalue weighted by molar-refractivity contribution is -0.123. The van der Waals surface area contributed by atoms with Crippen LogP contribution in [-0.4, -0.2) is 18.4 Å². The van der Waals surface area contributed by atoms with E-state index in [9.17, 15) is 9.59 Å². The van der Waals surface area contributed by atoms with E-state index >= 15 is 0 Å². The van der Waals surface area contributed by atoms with Crippen molar-refractivity contribution in [1.82, 2.24) is 5.32 Å². The number of allylic oxidation sites excluding steroid dienone is 2. The summed E-state index contributed by atoms with van der Waals surface area (Å²) < 4.78 is 0. The number of rotatable bonds is 36. The fraction of sp³-hybridized carbons (Fsp3) is 0.900. The first-order chi connectivity index (χ1) is 21.6. The molecule has 1 atom stereocenters. The Balaban J connectivity index is 3.49. The van der Waals surface area contributed by atoms with Gasteiger partial charge < -0.3 is 11.1 Å². The van der Waals surface area contributed by atoms with Crippen LogP contribution < -0.4 is 11.1 Å². The summed E-state index contributed by atoms with van der Waals surface area (Å²) in [6, 6.07) is 0. The number of nitrogens with two attached hydrogens (primary N) is 1. The standard InChI is InChI=1S/C40H78N2O2/c1-3-5-7-9-11-13-15-17-18-19-20-21-22-23-25-27-29-31-33-35-39(43)42-37-36-38(40(41)44)34-32-30-28-26-24-16-14-12-10-8-6-4-2/h17-18,38H,3-16,19-37H2,1-2H3,(H2,41,44)(H,42,43)/b18-17-. The topological polar surface area (TPSA) is 72.2 Å². The maximum Gasteiger partial charge on any atom is 0.220 e. The third-order valence-corrected chi connectivity index (χ3v) is 9.29. The molecule has 0 rings (SSSR count). The number of nitrogens with one attached hydrogen (secondary N) is 1. The zero-order valence-electron chi connectivity index (χ0n) is 30.0. The summed E-state index contributed by atoms with van der Waals surface area (Å²) in [6.45, 7) is 5.12. The minimum Gasteiger partial charge on any atom is -0.369 e. The van der Waals surface area contributed by atoms with Gasteiger partial charge in [0.15, 0.2) is 0 Å². The Morgan fingerprint density at radius 3 is 1.27 bits per heavy atom. The van der Waals surface area contributed by atoms with E-state index < -0.39 is 0 Å². The Kier molecular flexibility index (Phi) is 35.1. The molecule has 0 radical (unpaired) electrons. The maximum absolute atomic E-state index is 12.2. The zero-order chi connectivity index (χ0) is 32.2. The molecule has 0 aliphatic rings. The summed E-state index contributed by atoms with van der Waals surface area (Å²) in [4.78, 5) is 24.1. The lowest BCUT2D eigenvalue weighted by Gasteiger charge is -2.14. The van der Waals surface area contributed by atoms with Gasteiger partial charge in [-0.05, 0) is 44.9 Å². The molecule has 260 valence electrons. The normalized spacial score (nSPS) is 12.2. The van der Waals surface area contributed by atoms with Gasteiger partial charge in [-0.3, -0.25) is 9.59 Å². The van der Waals surface area contributed by atoms with E-state index in [1.807, 2.05) is 0 Å². The molecule has 2 amide bonds. The van der Waals surface area contributed by atoms with Gasteiger partial charge in [-0.15, -0.1) is 0 Å². The molecule has 0 aliphatic carbocycles. The summed E-state index contributed by atoms with van der Waals surface area (Å²) >= 11 is 0. The van der Waals surface area contributed by atoms with Gasteiger partial charge in [-0.25, -0.2) is 0 Å². The lowest BCUT2D eigenvalue weighted by Crippen LogP contribution is -2.30. The first kappa shape index (κ1) is 42.7. The summed E-state index contributed by atoms with van der Waals surface area (Å²) in [5, 5.41) is 3.02. The minimum atomic E-state index is -0.210.